The number of hydrogen-bond acceptors (Lipinski definition) is 6. The Balaban J connectivity index is 2.41. The average Bonchev–Trinajstić information content (AvgIpc) is 2.81. The van der Waals surface area contributed by atoms with Gasteiger partial charge in [0, 0.05) is 17.8 Å². The van der Waals surface area contributed by atoms with Crippen molar-refractivity contribution in [3.05, 3.63) is 54.1 Å². The van der Waals surface area contributed by atoms with Crippen molar-refractivity contribution in [2.75, 3.05) is 19.0 Å². The highest BCUT2D eigenvalue weighted by Crippen LogP contribution is 2.31. The number of carbonyl (C=O) groups excluding carboxylic acids is 3. The van der Waals surface area contributed by atoms with Crippen LogP contribution in [0.1, 0.15) is 59.1 Å². The fourth-order valence-electron chi connectivity index (χ4n) is 3.54. The number of unbranched alkanes of at least 4 members (excludes halogenated alkanes) is 1. The highest BCUT2D eigenvalue weighted by Gasteiger charge is 2.35. The molecule has 196 valence electrons. The lowest BCUT2D eigenvalue weighted by Crippen LogP contribution is -2.51. The minimum absolute atomic E-state index is 0.116. The number of nitrogens with one attached hydrogen (secondary N) is 2. The predicted octanol–water partition coefficient (Wildman–Crippen LogP) is 4.62. The SMILES string of the molecule is CCCCN(C(=O)C(C)NC(=O)OC(C)(C)C)C(C(=O)Nc1ccc(OC)cc1)c1ccccc1O. The number of alkyl carbamates (subject to hydrolysis) is 1. The maximum atomic E-state index is 13.6. The molecule has 0 aromatic heterocycles. The number of amides is 3. The van der Waals surface area contributed by atoms with Gasteiger partial charge in [0.1, 0.15) is 29.2 Å². The minimum Gasteiger partial charge on any atom is -0.508 e. The molecule has 0 bridgehead atoms. The zero-order valence-electron chi connectivity index (χ0n) is 21.8. The lowest BCUT2D eigenvalue weighted by molar-refractivity contribution is -0.140. The minimum atomic E-state index is -1.14. The van der Waals surface area contributed by atoms with Gasteiger partial charge >= 0.3 is 6.09 Å². The van der Waals surface area contributed by atoms with Crippen LogP contribution in [0.3, 0.4) is 0 Å². The second-order valence-electron chi connectivity index (χ2n) is 9.43. The first kappa shape index (κ1) is 28.5. The van der Waals surface area contributed by atoms with Crippen molar-refractivity contribution in [1.29, 1.82) is 0 Å². The molecule has 0 fully saturated rings. The lowest BCUT2D eigenvalue weighted by atomic mass is 10.0. The molecule has 2 rings (SSSR count). The standard InChI is InChI=1S/C27H37N3O6/c1-7-8-17-30(25(33)18(2)28-26(34)36-27(3,4)5)23(21-11-9-10-12-22(21)31)24(32)29-19-13-15-20(35-6)16-14-19/h9-16,18,23,31H,7-8,17H2,1-6H3,(H,28,34)(H,29,32). The summed E-state index contributed by atoms with van der Waals surface area (Å²) in [6.07, 6.45) is 0.649. The number of nitrogens with zero attached hydrogens (tertiary/aromatic N) is 1. The number of rotatable bonds is 10. The van der Waals surface area contributed by atoms with Gasteiger partial charge in [-0.05, 0) is 64.4 Å². The monoisotopic (exact) mass is 499 g/mol. The molecular weight excluding hydrogens is 462 g/mol. The summed E-state index contributed by atoms with van der Waals surface area (Å²) in [6, 6.07) is 11.1. The van der Waals surface area contributed by atoms with Gasteiger partial charge in [-0.15, -0.1) is 0 Å². The van der Waals surface area contributed by atoms with Crippen molar-refractivity contribution < 1.29 is 29.0 Å². The Kier molecular flexibility index (Phi) is 10.1. The average molecular weight is 500 g/mol. The molecule has 2 aromatic rings. The quantitative estimate of drug-likeness (QED) is 0.439. The first-order valence-electron chi connectivity index (χ1n) is 12.0. The first-order valence-corrected chi connectivity index (χ1v) is 12.0. The van der Waals surface area contributed by atoms with Gasteiger partial charge in [-0.1, -0.05) is 31.5 Å². The van der Waals surface area contributed by atoms with E-state index in [9.17, 15) is 19.5 Å². The van der Waals surface area contributed by atoms with E-state index in [1.807, 2.05) is 6.92 Å². The highest BCUT2D eigenvalue weighted by molar-refractivity contribution is 5.99. The van der Waals surface area contributed by atoms with E-state index in [1.165, 1.54) is 17.9 Å². The van der Waals surface area contributed by atoms with Crippen LogP contribution in [0.25, 0.3) is 0 Å². The van der Waals surface area contributed by atoms with Gasteiger partial charge in [-0.3, -0.25) is 9.59 Å². The number of anilines is 1. The molecule has 2 atom stereocenters. The molecule has 0 aliphatic rings. The number of phenolic OH excluding ortho intramolecular Hbond substituents is 1. The molecule has 3 N–H and O–H groups in total. The van der Waals surface area contributed by atoms with E-state index < -0.39 is 35.6 Å². The van der Waals surface area contributed by atoms with Crippen LogP contribution in [0.15, 0.2) is 48.5 Å². The number of ether oxygens (including phenoxy) is 2. The fourth-order valence-corrected chi connectivity index (χ4v) is 3.54. The topological polar surface area (TPSA) is 117 Å². The van der Waals surface area contributed by atoms with E-state index in [1.54, 1.807) is 70.3 Å². The van der Waals surface area contributed by atoms with E-state index in [0.29, 0.717) is 17.9 Å². The number of para-hydroxylation sites is 1. The number of hydrogen-bond donors (Lipinski definition) is 3. The maximum absolute atomic E-state index is 13.6. The molecule has 0 aliphatic carbocycles. The Bertz CT molecular complexity index is 1030. The third-order valence-corrected chi connectivity index (χ3v) is 5.29. The zero-order valence-corrected chi connectivity index (χ0v) is 21.8. The molecule has 36 heavy (non-hydrogen) atoms. The van der Waals surface area contributed by atoms with Crippen molar-refractivity contribution in [3.8, 4) is 11.5 Å². The van der Waals surface area contributed by atoms with Crippen LogP contribution >= 0.6 is 0 Å². The molecule has 9 nitrogen and oxygen atoms in total. The Hall–Kier alpha value is -3.75. The Morgan fingerprint density at radius 2 is 1.69 bits per heavy atom. The number of carbonyl (C=O) groups is 3. The summed E-state index contributed by atoms with van der Waals surface area (Å²) in [5.41, 5.74) is 0.0484. The van der Waals surface area contributed by atoms with Crippen LogP contribution in [0.4, 0.5) is 10.5 Å². The summed E-state index contributed by atoms with van der Waals surface area (Å²) < 4.78 is 10.4. The van der Waals surface area contributed by atoms with Gasteiger partial charge in [-0.2, -0.15) is 0 Å². The summed E-state index contributed by atoms with van der Waals surface area (Å²) in [6.45, 7) is 8.93. The van der Waals surface area contributed by atoms with E-state index in [-0.39, 0.29) is 17.9 Å². The molecule has 0 saturated heterocycles. The van der Waals surface area contributed by atoms with E-state index in [0.717, 1.165) is 6.42 Å². The molecule has 0 radical (unpaired) electrons. The van der Waals surface area contributed by atoms with Crippen LogP contribution in [-0.4, -0.2) is 53.2 Å². The van der Waals surface area contributed by atoms with Gasteiger partial charge in [0.05, 0.1) is 7.11 Å². The molecule has 2 aromatic carbocycles. The fraction of sp³-hybridized carbons (Fsp3) is 0.444. The van der Waals surface area contributed by atoms with Gasteiger partial charge in [-0.25, -0.2) is 4.79 Å². The number of phenols is 1. The predicted molar refractivity (Wildman–Crippen MR) is 138 cm³/mol. The van der Waals surface area contributed by atoms with Crippen molar-refractivity contribution in [2.24, 2.45) is 0 Å². The normalized spacial score (nSPS) is 12.7. The smallest absolute Gasteiger partial charge is 0.408 e. The number of aromatic hydroxyl groups is 1. The van der Waals surface area contributed by atoms with Crippen molar-refractivity contribution in [1.82, 2.24) is 10.2 Å². The second kappa shape index (κ2) is 12.8. The highest BCUT2D eigenvalue weighted by atomic mass is 16.6. The largest absolute Gasteiger partial charge is 0.508 e. The third kappa shape index (κ3) is 8.18. The summed E-state index contributed by atoms with van der Waals surface area (Å²) in [5, 5.41) is 16.0. The first-order chi connectivity index (χ1) is 17.0. The molecule has 9 heteroatoms. The molecule has 2 unspecified atom stereocenters. The van der Waals surface area contributed by atoms with Crippen LogP contribution in [-0.2, 0) is 14.3 Å². The van der Waals surface area contributed by atoms with E-state index in [4.69, 9.17) is 9.47 Å². The summed E-state index contributed by atoms with van der Waals surface area (Å²) in [5.74, 6) is -0.468. The summed E-state index contributed by atoms with van der Waals surface area (Å²) >= 11 is 0. The van der Waals surface area contributed by atoms with Crippen LogP contribution < -0.4 is 15.4 Å². The van der Waals surface area contributed by atoms with E-state index >= 15 is 0 Å². The number of benzene rings is 2. The second-order valence-corrected chi connectivity index (χ2v) is 9.43. The zero-order chi connectivity index (χ0) is 26.9. The molecule has 3 amide bonds. The maximum Gasteiger partial charge on any atom is 0.408 e. The lowest BCUT2D eigenvalue weighted by Gasteiger charge is -2.34. The van der Waals surface area contributed by atoms with Gasteiger partial charge < -0.3 is 30.1 Å². The Labute approximate surface area is 212 Å². The van der Waals surface area contributed by atoms with Crippen LogP contribution in [0.2, 0.25) is 0 Å². The van der Waals surface area contributed by atoms with Crippen LogP contribution in [0, 0.1) is 0 Å². The van der Waals surface area contributed by atoms with Gasteiger partial charge in [0.25, 0.3) is 5.91 Å². The van der Waals surface area contributed by atoms with Crippen molar-refractivity contribution >= 4 is 23.6 Å². The van der Waals surface area contributed by atoms with Gasteiger partial charge in [0.15, 0.2) is 0 Å². The molecule has 0 aliphatic heterocycles. The number of methoxy groups -OCH3 is 1. The summed E-state index contributed by atoms with van der Waals surface area (Å²) in [7, 11) is 1.55. The molecule has 0 saturated carbocycles. The van der Waals surface area contributed by atoms with Crippen LogP contribution in [0.5, 0.6) is 11.5 Å². The summed E-state index contributed by atoms with van der Waals surface area (Å²) in [4.78, 5) is 40.9. The molecule has 0 spiro atoms. The third-order valence-electron chi connectivity index (χ3n) is 5.29. The van der Waals surface area contributed by atoms with E-state index in [2.05, 4.69) is 10.6 Å². The molecule has 0 heterocycles. The molecular formula is C27H37N3O6. The van der Waals surface area contributed by atoms with Crippen molar-refractivity contribution in [3.63, 3.8) is 0 Å². The Morgan fingerprint density at radius 1 is 1.06 bits per heavy atom. The van der Waals surface area contributed by atoms with Crippen molar-refractivity contribution in [2.45, 2.75) is 65.1 Å². The van der Waals surface area contributed by atoms with Gasteiger partial charge in [0.2, 0.25) is 5.91 Å². The Morgan fingerprint density at radius 3 is 2.25 bits per heavy atom.